The van der Waals surface area contributed by atoms with E-state index in [1.165, 1.54) is 13.8 Å². The number of carbonyl (C=O) groups is 2. The maximum absolute atomic E-state index is 10.9. The Morgan fingerprint density at radius 1 is 1.25 bits per heavy atom. The average Bonchev–Trinajstić information content (AvgIpc) is 2.44. The van der Waals surface area contributed by atoms with Crippen molar-refractivity contribution in [1.82, 2.24) is 0 Å². The van der Waals surface area contributed by atoms with Gasteiger partial charge in [-0.1, -0.05) is 22.6 Å². The van der Waals surface area contributed by atoms with Crippen molar-refractivity contribution in [2.24, 2.45) is 0 Å². The number of halogens is 1. The van der Waals surface area contributed by atoms with Crippen molar-refractivity contribution in [3.05, 3.63) is 0 Å². The van der Waals surface area contributed by atoms with Gasteiger partial charge in [0.15, 0.2) is 18.5 Å². The van der Waals surface area contributed by atoms with E-state index in [0.29, 0.717) is 4.43 Å². The molecule has 0 aliphatic carbocycles. The van der Waals surface area contributed by atoms with Gasteiger partial charge in [-0.15, -0.1) is 0 Å². The van der Waals surface area contributed by atoms with Crippen LogP contribution in [0.2, 0.25) is 0 Å². The van der Waals surface area contributed by atoms with Crippen LogP contribution >= 0.6 is 22.6 Å². The smallest absolute Gasteiger partial charge is 0.303 e. The van der Waals surface area contributed by atoms with Crippen molar-refractivity contribution in [2.75, 3.05) is 4.43 Å². The SMILES string of the molecule is CC(=O)O[C@H]1[C@H](OC(C)=O)[C@@H](CI)O[C@@H]1O. The molecule has 0 aromatic carbocycles. The van der Waals surface area contributed by atoms with E-state index in [1.54, 1.807) is 0 Å². The first-order valence-electron chi connectivity index (χ1n) is 4.69. The summed E-state index contributed by atoms with van der Waals surface area (Å²) in [6.07, 6.45) is -3.44. The highest BCUT2D eigenvalue weighted by Crippen LogP contribution is 2.26. The second kappa shape index (κ2) is 5.78. The predicted molar refractivity (Wildman–Crippen MR) is 60.9 cm³/mol. The van der Waals surface area contributed by atoms with Gasteiger partial charge < -0.3 is 19.3 Å². The summed E-state index contributed by atoms with van der Waals surface area (Å²) >= 11 is 2.04. The van der Waals surface area contributed by atoms with Gasteiger partial charge in [0.1, 0.15) is 6.10 Å². The lowest BCUT2D eigenvalue weighted by Gasteiger charge is -2.21. The van der Waals surface area contributed by atoms with Crippen LogP contribution in [0.1, 0.15) is 13.8 Å². The summed E-state index contributed by atoms with van der Waals surface area (Å²) < 4.78 is 15.5. The number of esters is 2. The van der Waals surface area contributed by atoms with Crippen LogP contribution in [0.25, 0.3) is 0 Å². The highest BCUT2D eigenvalue weighted by molar-refractivity contribution is 14.1. The second-order valence-corrected chi connectivity index (χ2v) is 4.25. The van der Waals surface area contributed by atoms with Crippen molar-refractivity contribution < 1.29 is 28.9 Å². The minimum atomic E-state index is -1.26. The molecule has 1 heterocycles. The summed E-state index contributed by atoms with van der Waals surface area (Å²) in [6.45, 7) is 2.47. The van der Waals surface area contributed by atoms with Gasteiger partial charge in [-0.05, 0) is 0 Å². The zero-order valence-corrected chi connectivity index (χ0v) is 11.0. The summed E-state index contributed by atoms with van der Waals surface area (Å²) in [6, 6.07) is 0. The van der Waals surface area contributed by atoms with Crippen LogP contribution in [0.4, 0.5) is 0 Å². The standard InChI is InChI=1S/C9H13IO6/c1-4(11)14-7-6(3-10)16-9(13)8(7)15-5(2)12/h6-9,13H,3H2,1-2H3/t6-,7-,8+,9+/m1/s1. The van der Waals surface area contributed by atoms with Crippen LogP contribution in [0.5, 0.6) is 0 Å². The number of aliphatic hydroxyl groups excluding tert-OH is 1. The summed E-state index contributed by atoms with van der Waals surface area (Å²) in [5.74, 6) is -1.06. The number of hydrogen-bond acceptors (Lipinski definition) is 6. The van der Waals surface area contributed by atoms with Crippen molar-refractivity contribution in [3.8, 4) is 0 Å². The van der Waals surface area contributed by atoms with E-state index >= 15 is 0 Å². The minimum absolute atomic E-state index is 0.469. The van der Waals surface area contributed by atoms with Crippen molar-refractivity contribution in [3.63, 3.8) is 0 Å². The number of ether oxygens (including phenoxy) is 3. The van der Waals surface area contributed by atoms with Crippen LogP contribution in [-0.4, -0.2) is 46.1 Å². The normalized spacial score (nSPS) is 33.5. The lowest BCUT2D eigenvalue weighted by atomic mass is 10.1. The molecule has 7 heteroatoms. The monoisotopic (exact) mass is 344 g/mol. The third-order valence-corrected chi connectivity index (χ3v) is 2.91. The van der Waals surface area contributed by atoms with Crippen LogP contribution in [0.15, 0.2) is 0 Å². The first-order chi connectivity index (χ1) is 7.45. The van der Waals surface area contributed by atoms with Gasteiger partial charge in [0, 0.05) is 18.3 Å². The van der Waals surface area contributed by atoms with Crippen LogP contribution in [0.3, 0.4) is 0 Å². The Hall–Kier alpha value is -0.410. The summed E-state index contributed by atoms with van der Waals surface area (Å²) in [5, 5.41) is 9.53. The molecule has 1 fully saturated rings. The molecule has 6 nitrogen and oxygen atoms in total. The van der Waals surface area contributed by atoms with Gasteiger partial charge in [-0.2, -0.15) is 0 Å². The molecule has 0 amide bonds. The van der Waals surface area contributed by atoms with Gasteiger partial charge in [-0.25, -0.2) is 0 Å². The number of hydrogen-bond donors (Lipinski definition) is 1. The molecule has 1 rings (SSSR count). The van der Waals surface area contributed by atoms with Gasteiger partial charge >= 0.3 is 11.9 Å². The summed E-state index contributed by atoms with van der Waals surface area (Å²) in [5.41, 5.74) is 0. The maximum atomic E-state index is 10.9. The van der Waals surface area contributed by atoms with E-state index < -0.39 is 36.5 Å². The van der Waals surface area contributed by atoms with E-state index in [4.69, 9.17) is 14.2 Å². The molecule has 1 aliphatic rings. The molecule has 0 unspecified atom stereocenters. The zero-order valence-electron chi connectivity index (χ0n) is 8.88. The first kappa shape index (κ1) is 13.7. The lowest BCUT2D eigenvalue weighted by molar-refractivity contribution is -0.174. The first-order valence-corrected chi connectivity index (χ1v) is 6.22. The molecule has 1 N–H and O–H groups in total. The molecule has 1 aliphatic heterocycles. The highest BCUT2D eigenvalue weighted by Gasteiger charge is 2.47. The Labute approximate surface area is 106 Å². The van der Waals surface area contributed by atoms with E-state index in [9.17, 15) is 14.7 Å². The van der Waals surface area contributed by atoms with Crippen molar-refractivity contribution in [2.45, 2.75) is 38.4 Å². The molecule has 4 atom stereocenters. The molecule has 0 bridgehead atoms. The zero-order chi connectivity index (χ0) is 12.3. The Balaban J connectivity index is 2.76. The molecule has 0 spiro atoms. The fraction of sp³-hybridized carbons (Fsp3) is 0.778. The average molecular weight is 344 g/mol. The second-order valence-electron chi connectivity index (χ2n) is 3.37. The molecular formula is C9H13IO6. The third kappa shape index (κ3) is 3.29. The van der Waals surface area contributed by atoms with Gasteiger partial charge in [0.2, 0.25) is 0 Å². The Bertz CT molecular complexity index is 281. The highest BCUT2D eigenvalue weighted by atomic mass is 127. The maximum Gasteiger partial charge on any atom is 0.303 e. The van der Waals surface area contributed by atoms with Gasteiger partial charge in [-0.3, -0.25) is 9.59 Å². The molecular weight excluding hydrogens is 331 g/mol. The summed E-state index contributed by atoms with van der Waals surface area (Å²) in [4.78, 5) is 21.7. The minimum Gasteiger partial charge on any atom is -0.456 e. The number of aliphatic hydroxyl groups is 1. The topological polar surface area (TPSA) is 82.1 Å². The quantitative estimate of drug-likeness (QED) is 0.441. The Morgan fingerprint density at radius 3 is 2.19 bits per heavy atom. The van der Waals surface area contributed by atoms with E-state index in [0.717, 1.165) is 0 Å². The fourth-order valence-corrected chi connectivity index (χ4v) is 2.19. The van der Waals surface area contributed by atoms with Crippen LogP contribution in [-0.2, 0) is 23.8 Å². The molecule has 0 aromatic rings. The fourth-order valence-electron chi connectivity index (χ4n) is 1.48. The molecule has 16 heavy (non-hydrogen) atoms. The van der Waals surface area contributed by atoms with Gasteiger partial charge in [0.05, 0.1) is 0 Å². The van der Waals surface area contributed by atoms with E-state index in [-0.39, 0.29) is 0 Å². The third-order valence-electron chi connectivity index (χ3n) is 2.04. The molecule has 92 valence electrons. The molecule has 0 aromatic heterocycles. The van der Waals surface area contributed by atoms with Gasteiger partial charge in [0.25, 0.3) is 0 Å². The predicted octanol–water partition coefficient (Wildman–Crippen LogP) is 0.00200. The lowest BCUT2D eigenvalue weighted by Crippen LogP contribution is -2.40. The molecule has 0 radical (unpaired) electrons. The number of rotatable bonds is 3. The van der Waals surface area contributed by atoms with Crippen molar-refractivity contribution in [1.29, 1.82) is 0 Å². The summed E-state index contributed by atoms with van der Waals surface area (Å²) in [7, 11) is 0. The van der Waals surface area contributed by atoms with Crippen LogP contribution in [0, 0.1) is 0 Å². The van der Waals surface area contributed by atoms with E-state index in [2.05, 4.69) is 0 Å². The molecule has 1 saturated heterocycles. The van der Waals surface area contributed by atoms with Crippen LogP contribution < -0.4 is 0 Å². The Morgan fingerprint density at radius 2 is 1.75 bits per heavy atom. The molecule has 0 saturated carbocycles. The largest absolute Gasteiger partial charge is 0.456 e. The Kier molecular flexibility index (Phi) is 4.93. The van der Waals surface area contributed by atoms with E-state index in [1.807, 2.05) is 22.6 Å². The number of carbonyl (C=O) groups excluding carboxylic acids is 2. The number of alkyl halides is 1. The van der Waals surface area contributed by atoms with Crippen molar-refractivity contribution >= 4 is 34.5 Å².